The van der Waals surface area contributed by atoms with Gasteiger partial charge in [-0.05, 0) is 38.0 Å². The Morgan fingerprint density at radius 3 is 2.54 bits per heavy atom. The molecule has 1 aliphatic carbocycles. The average molecular weight is 396 g/mol. The minimum absolute atomic E-state index is 0.0332. The molecule has 1 N–H and O–H groups in total. The second-order valence-corrected chi connectivity index (χ2v) is 8.13. The summed E-state index contributed by atoms with van der Waals surface area (Å²) >= 11 is 6.26. The number of benzene rings is 2. The molecule has 0 aliphatic heterocycles. The summed E-state index contributed by atoms with van der Waals surface area (Å²) in [5, 5.41) is 9.72. The molecule has 2 aromatic carbocycles. The molecule has 1 amide bonds. The van der Waals surface area contributed by atoms with E-state index >= 15 is 0 Å². The van der Waals surface area contributed by atoms with Crippen LogP contribution in [0.5, 0.6) is 0 Å². The van der Waals surface area contributed by atoms with Gasteiger partial charge in [-0.25, -0.2) is 0 Å². The highest BCUT2D eigenvalue weighted by atomic mass is 35.5. The molecule has 0 saturated heterocycles. The van der Waals surface area contributed by atoms with Gasteiger partial charge in [0.15, 0.2) is 0 Å². The summed E-state index contributed by atoms with van der Waals surface area (Å²) in [7, 11) is 0. The maximum atomic E-state index is 13.0. The monoisotopic (exact) mass is 395 g/mol. The predicted octanol–water partition coefficient (Wildman–Crippen LogP) is 5.76. The molecule has 0 unspecified atom stereocenters. The van der Waals surface area contributed by atoms with Crippen LogP contribution in [0.25, 0.3) is 22.2 Å². The molecular formula is C23H26ClN3O. The number of halogens is 1. The smallest absolute Gasteiger partial charge is 0.244 e. The summed E-state index contributed by atoms with van der Waals surface area (Å²) in [6.45, 7) is 1.92. The number of amides is 1. The van der Waals surface area contributed by atoms with Crippen LogP contribution in [-0.2, 0) is 4.79 Å². The molecule has 28 heavy (non-hydrogen) atoms. The lowest BCUT2D eigenvalue weighted by Crippen LogP contribution is -2.38. The highest BCUT2D eigenvalue weighted by Crippen LogP contribution is 2.32. The first-order valence-corrected chi connectivity index (χ1v) is 10.5. The van der Waals surface area contributed by atoms with Crippen LogP contribution in [0.15, 0.2) is 48.5 Å². The second-order valence-electron chi connectivity index (χ2n) is 7.69. The fourth-order valence-corrected chi connectivity index (χ4v) is 4.25. The molecule has 0 radical (unpaired) electrons. The van der Waals surface area contributed by atoms with E-state index in [4.69, 9.17) is 16.7 Å². The molecule has 1 saturated carbocycles. The zero-order valence-electron chi connectivity index (χ0n) is 16.2. The Morgan fingerprint density at radius 2 is 1.82 bits per heavy atom. The Hall–Kier alpha value is -2.33. The fourth-order valence-electron chi connectivity index (χ4n) is 4.07. The van der Waals surface area contributed by atoms with Gasteiger partial charge in [0, 0.05) is 22.0 Å². The van der Waals surface area contributed by atoms with E-state index in [1.54, 1.807) is 0 Å². The molecule has 5 heteroatoms. The van der Waals surface area contributed by atoms with Crippen LogP contribution in [0, 0.1) is 0 Å². The number of hydrogen-bond acceptors (Lipinski definition) is 2. The normalized spacial score (nSPS) is 16.6. The van der Waals surface area contributed by atoms with Gasteiger partial charge in [0.1, 0.15) is 11.7 Å². The highest BCUT2D eigenvalue weighted by molar-refractivity contribution is 6.31. The maximum Gasteiger partial charge on any atom is 0.244 e. The van der Waals surface area contributed by atoms with Gasteiger partial charge in [0.2, 0.25) is 5.91 Å². The Kier molecular flexibility index (Phi) is 5.67. The van der Waals surface area contributed by atoms with E-state index in [-0.39, 0.29) is 18.0 Å². The zero-order valence-corrected chi connectivity index (χ0v) is 17.0. The predicted molar refractivity (Wildman–Crippen MR) is 115 cm³/mol. The van der Waals surface area contributed by atoms with Gasteiger partial charge in [-0.3, -0.25) is 9.48 Å². The van der Waals surface area contributed by atoms with Crippen molar-refractivity contribution in [2.45, 2.75) is 57.5 Å². The van der Waals surface area contributed by atoms with E-state index in [0.717, 1.165) is 35.0 Å². The van der Waals surface area contributed by atoms with Crippen molar-refractivity contribution in [3.05, 3.63) is 53.6 Å². The van der Waals surface area contributed by atoms with Gasteiger partial charge in [-0.15, -0.1) is 0 Å². The van der Waals surface area contributed by atoms with Crippen LogP contribution >= 0.6 is 11.6 Å². The molecule has 1 aliphatic rings. The van der Waals surface area contributed by atoms with E-state index in [9.17, 15) is 4.79 Å². The maximum absolute atomic E-state index is 13.0. The first-order chi connectivity index (χ1) is 13.6. The van der Waals surface area contributed by atoms with Crippen molar-refractivity contribution in [1.29, 1.82) is 0 Å². The summed E-state index contributed by atoms with van der Waals surface area (Å²) in [5.74, 6) is 0.0332. The van der Waals surface area contributed by atoms with Crippen LogP contribution in [0.2, 0.25) is 5.02 Å². The summed E-state index contributed by atoms with van der Waals surface area (Å²) in [4.78, 5) is 13.0. The average Bonchev–Trinajstić information content (AvgIpc) is 2.88. The molecular weight excluding hydrogens is 370 g/mol. The first-order valence-electron chi connectivity index (χ1n) is 10.2. The Balaban J connectivity index is 1.67. The minimum Gasteiger partial charge on any atom is -0.352 e. The second kappa shape index (κ2) is 8.36. The van der Waals surface area contributed by atoms with Gasteiger partial charge >= 0.3 is 0 Å². The molecule has 4 nitrogen and oxygen atoms in total. The number of hydrogen-bond donors (Lipinski definition) is 1. The molecule has 0 bridgehead atoms. The Labute approximate surface area is 170 Å². The third-order valence-electron chi connectivity index (χ3n) is 5.66. The van der Waals surface area contributed by atoms with Crippen LogP contribution in [0.1, 0.15) is 51.5 Å². The lowest BCUT2D eigenvalue weighted by molar-refractivity contribution is -0.124. The molecule has 0 spiro atoms. The first kappa shape index (κ1) is 19.0. The number of carbonyl (C=O) groups excluding carboxylic acids is 1. The van der Waals surface area contributed by atoms with Crippen LogP contribution in [0.4, 0.5) is 0 Å². The standard InChI is InChI=1S/C23H26ClN3O/c1-16(23(28)25-19-11-7-2-3-8-12-19)27-21-14-13-18(24)15-20(21)22(26-27)17-9-5-4-6-10-17/h4-6,9-10,13-16,19H,2-3,7-8,11-12H2,1H3,(H,25,28)/t16-/m1/s1. The number of fused-ring (bicyclic) bond motifs is 1. The van der Waals surface area contributed by atoms with Crippen molar-refractivity contribution < 1.29 is 4.79 Å². The van der Waals surface area contributed by atoms with Crippen molar-refractivity contribution in [1.82, 2.24) is 15.1 Å². The van der Waals surface area contributed by atoms with Gasteiger partial charge in [0.05, 0.1) is 5.52 Å². The van der Waals surface area contributed by atoms with Crippen molar-refractivity contribution in [2.75, 3.05) is 0 Å². The number of rotatable bonds is 4. The van der Waals surface area contributed by atoms with E-state index in [2.05, 4.69) is 5.32 Å². The molecule has 1 aromatic heterocycles. The SMILES string of the molecule is C[C@H](C(=O)NC1CCCCCC1)n1nc(-c2ccccc2)c2cc(Cl)ccc21. The van der Waals surface area contributed by atoms with Crippen molar-refractivity contribution in [3.63, 3.8) is 0 Å². The van der Waals surface area contributed by atoms with Gasteiger partial charge in [-0.2, -0.15) is 5.10 Å². The highest BCUT2D eigenvalue weighted by Gasteiger charge is 2.24. The molecule has 1 heterocycles. The molecule has 146 valence electrons. The van der Waals surface area contributed by atoms with E-state index in [0.29, 0.717) is 5.02 Å². The lowest BCUT2D eigenvalue weighted by Gasteiger charge is -2.20. The molecule has 1 atom stereocenters. The van der Waals surface area contributed by atoms with E-state index in [1.165, 1.54) is 25.7 Å². The quantitative estimate of drug-likeness (QED) is 0.571. The molecule has 3 aromatic rings. The Morgan fingerprint density at radius 1 is 1.11 bits per heavy atom. The minimum atomic E-state index is -0.385. The third kappa shape index (κ3) is 3.93. The number of carbonyl (C=O) groups is 1. The van der Waals surface area contributed by atoms with Crippen LogP contribution in [0.3, 0.4) is 0 Å². The van der Waals surface area contributed by atoms with E-state index in [1.807, 2.05) is 60.1 Å². The van der Waals surface area contributed by atoms with Gasteiger partial charge in [-0.1, -0.05) is 67.6 Å². The van der Waals surface area contributed by atoms with Crippen molar-refractivity contribution >= 4 is 28.4 Å². The lowest BCUT2D eigenvalue weighted by atomic mass is 10.1. The number of nitrogens with one attached hydrogen (secondary N) is 1. The summed E-state index contributed by atoms with van der Waals surface area (Å²) in [6.07, 6.45) is 7.08. The molecule has 1 fully saturated rings. The largest absolute Gasteiger partial charge is 0.352 e. The third-order valence-corrected chi connectivity index (χ3v) is 5.90. The van der Waals surface area contributed by atoms with Crippen LogP contribution < -0.4 is 5.32 Å². The summed E-state index contributed by atoms with van der Waals surface area (Å²) in [6, 6.07) is 15.7. The summed E-state index contributed by atoms with van der Waals surface area (Å²) < 4.78 is 1.83. The summed E-state index contributed by atoms with van der Waals surface area (Å²) in [5.41, 5.74) is 2.80. The van der Waals surface area contributed by atoms with Crippen molar-refractivity contribution in [2.24, 2.45) is 0 Å². The zero-order chi connectivity index (χ0) is 19.5. The number of nitrogens with zero attached hydrogens (tertiary/aromatic N) is 2. The Bertz CT molecular complexity index is 959. The number of aromatic nitrogens is 2. The topological polar surface area (TPSA) is 46.9 Å². The molecule has 4 rings (SSSR count). The van der Waals surface area contributed by atoms with Crippen molar-refractivity contribution in [3.8, 4) is 11.3 Å². The van der Waals surface area contributed by atoms with Gasteiger partial charge < -0.3 is 5.32 Å². The van der Waals surface area contributed by atoms with Crippen LogP contribution in [-0.4, -0.2) is 21.7 Å². The van der Waals surface area contributed by atoms with Gasteiger partial charge in [0.25, 0.3) is 0 Å². The fraction of sp³-hybridized carbons (Fsp3) is 0.391. The van der Waals surface area contributed by atoms with E-state index < -0.39 is 0 Å².